The average Bonchev–Trinajstić information content (AvgIpc) is 3.09. The minimum absolute atomic E-state index is 0.0963. The summed E-state index contributed by atoms with van der Waals surface area (Å²) >= 11 is 12.2. The highest BCUT2D eigenvalue weighted by Gasteiger charge is 2.17. The monoisotopic (exact) mass is 402 g/mol. The molecule has 0 spiro atoms. The zero-order chi connectivity index (χ0) is 19.6. The number of carboxylic acid groups (broad SMARTS) is 1. The molecule has 0 fully saturated rings. The Bertz CT molecular complexity index is 1010. The second-order valence-corrected chi connectivity index (χ2v) is 6.48. The van der Waals surface area contributed by atoms with Crippen molar-refractivity contribution in [2.75, 3.05) is 6.61 Å². The van der Waals surface area contributed by atoms with Gasteiger partial charge in [0.1, 0.15) is 11.4 Å². The maximum Gasteiger partial charge on any atom is 0.337 e. The van der Waals surface area contributed by atoms with Crippen LogP contribution in [0, 0.1) is 0 Å². The molecule has 5 nitrogen and oxygen atoms in total. The Morgan fingerprint density at radius 2 is 1.85 bits per heavy atom. The van der Waals surface area contributed by atoms with Crippen LogP contribution in [0.4, 0.5) is 0 Å². The first-order valence-electron chi connectivity index (χ1n) is 8.12. The van der Waals surface area contributed by atoms with Gasteiger partial charge in [-0.25, -0.2) is 9.48 Å². The largest absolute Gasteiger partial charge is 0.494 e. The van der Waals surface area contributed by atoms with E-state index in [1.54, 1.807) is 28.9 Å². The van der Waals surface area contributed by atoms with Crippen LogP contribution in [0.15, 0.2) is 55.1 Å². The zero-order valence-electron chi connectivity index (χ0n) is 14.4. The Balaban J connectivity index is 2.14. The van der Waals surface area contributed by atoms with E-state index >= 15 is 0 Å². The summed E-state index contributed by atoms with van der Waals surface area (Å²) in [5, 5.41) is 14.5. The number of benzene rings is 2. The van der Waals surface area contributed by atoms with Gasteiger partial charge in [-0.05, 0) is 49.4 Å². The average molecular weight is 403 g/mol. The number of nitrogens with zero attached hydrogens (tertiary/aromatic N) is 2. The normalized spacial score (nSPS) is 10.6. The fourth-order valence-corrected chi connectivity index (χ4v) is 2.84. The number of aliphatic carboxylic acids is 1. The highest BCUT2D eigenvalue weighted by atomic mass is 35.5. The molecule has 0 saturated heterocycles. The second kappa shape index (κ2) is 7.86. The van der Waals surface area contributed by atoms with E-state index < -0.39 is 5.97 Å². The van der Waals surface area contributed by atoms with Crippen molar-refractivity contribution in [1.29, 1.82) is 0 Å². The van der Waals surface area contributed by atoms with Gasteiger partial charge in [0, 0.05) is 5.56 Å². The minimum Gasteiger partial charge on any atom is -0.494 e. The molecule has 27 heavy (non-hydrogen) atoms. The van der Waals surface area contributed by atoms with Gasteiger partial charge in [0.05, 0.1) is 33.6 Å². The van der Waals surface area contributed by atoms with E-state index in [4.69, 9.17) is 27.9 Å². The van der Waals surface area contributed by atoms with Gasteiger partial charge in [0.2, 0.25) is 0 Å². The van der Waals surface area contributed by atoms with Gasteiger partial charge in [-0.2, -0.15) is 5.10 Å². The highest BCUT2D eigenvalue weighted by Crippen LogP contribution is 2.31. The van der Waals surface area contributed by atoms with Gasteiger partial charge in [-0.15, -0.1) is 0 Å². The summed E-state index contributed by atoms with van der Waals surface area (Å²) in [6.45, 7) is 6.07. The summed E-state index contributed by atoms with van der Waals surface area (Å²) in [6.07, 6.45) is 0. The highest BCUT2D eigenvalue weighted by molar-refractivity contribution is 6.42. The molecular weight excluding hydrogens is 387 g/mol. The zero-order valence-corrected chi connectivity index (χ0v) is 16.0. The molecule has 0 aliphatic rings. The van der Waals surface area contributed by atoms with Gasteiger partial charge in [-0.3, -0.25) is 0 Å². The molecule has 0 aliphatic carbocycles. The van der Waals surface area contributed by atoms with Crippen molar-refractivity contribution >= 4 is 34.7 Å². The molecule has 0 bridgehead atoms. The summed E-state index contributed by atoms with van der Waals surface area (Å²) in [4.78, 5) is 11.3. The van der Waals surface area contributed by atoms with Gasteiger partial charge in [0.15, 0.2) is 0 Å². The summed E-state index contributed by atoms with van der Waals surface area (Å²) in [5.41, 5.74) is 2.31. The molecular formula is C20H16Cl2N2O3. The molecule has 0 radical (unpaired) electrons. The Morgan fingerprint density at radius 3 is 2.44 bits per heavy atom. The number of halogens is 2. The number of carbonyl (C=O) groups is 1. The molecule has 0 amide bonds. The lowest BCUT2D eigenvalue weighted by Crippen LogP contribution is -2.02. The first kappa shape index (κ1) is 19.0. The first-order chi connectivity index (χ1) is 12.9. The molecule has 1 aromatic heterocycles. The second-order valence-electron chi connectivity index (χ2n) is 5.67. The lowest BCUT2D eigenvalue weighted by Gasteiger charge is -2.10. The summed E-state index contributed by atoms with van der Waals surface area (Å²) in [7, 11) is 0. The van der Waals surface area contributed by atoms with Crippen molar-refractivity contribution in [2.45, 2.75) is 6.92 Å². The fraction of sp³-hybridized carbons (Fsp3) is 0.100. The topological polar surface area (TPSA) is 64.3 Å². The van der Waals surface area contributed by atoms with Crippen molar-refractivity contribution in [3.63, 3.8) is 0 Å². The van der Waals surface area contributed by atoms with E-state index in [-0.39, 0.29) is 11.3 Å². The van der Waals surface area contributed by atoms with Crippen LogP contribution in [0.3, 0.4) is 0 Å². The number of carboxylic acids is 1. The van der Waals surface area contributed by atoms with E-state index in [0.717, 1.165) is 17.0 Å². The Hall–Kier alpha value is -2.76. The van der Waals surface area contributed by atoms with Crippen molar-refractivity contribution in [3.8, 4) is 22.7 Å². The molecule has 0 atom stereocenters. The van der Waals surface area contributed by atoms with Crippen LogP contribution in [-0.2, 0) is 4.79 Å². The third-order valence-electron chi connectivity index (χ3n) is 3.88. The number of hydrogen-bond donors (Lipinski definition) is 1. The molecule has 1 N–H and O–H groups in total. The number of aromatic nitrogens is 2. The van der Waals surface area contributed by atoms with Crippen molar-refractivity contribution < 1.29 is 14.6 Å². The quantitative estimate of drug-likeness (QED) is 0.564. The summed E-state index contributed by atoms with van der Waals surface area (Å²) in [6, 6.07) is 14.2. The number of ether oxygens (including phenoxy) is 1. The molecule has 1 heterocycles. The fourth-order valence-electron chi connectivity index (χ4n) is 2.55. The predicted molar refractivity (Wildman–Crippen MR) is 107 cm³/mol. The third-order valence-corrected chi connectivity index (χ3v) is 4.62. The summed E-state index contributed by atoms with van der Waals surface area (Å²) < 4.78 is 7.10. The van der Waals surface area contributed by atoms with E-state index in [9.17, 15) is 9.90 Å². The van der Waals surface area contributed by atoms with Crippen LogP contribution in [0.5, 0.6) is 5.75 Å². The molecule has 2 aromatic carbocycles. The van der Waals surface area contributed by atoms with Crippen LogP contribution in [0.1, 0.15) is 12.6 Å². The van der Waals surface area contributed by atoms with E-state index in [0.29, 0.717) is 22.3 Å². The minimum atomic E-state index is -1.13. The van der Waals surface area contributed by atoms with Crippen molar-refractivity contribution in [2.24, 2.45) is 0 Å². The Kier molecular flexibility index (Phi) is 5.54. The molecule has 0 aliphatic heterocycles. The van der Waals surface area contributed by atoms with E-state index in [1.165, 1.54) is 0 Å². The van der Waals surface area contributed by atoms with Gasteiger partial charge < -0.3 is 9.84 Å². The standard InChI is InChI=1S/C20H16Cl2N2O3/c1-3-27-15-7-5-14(6-8-15)24-19(11-18(23-24)12(2)20(25)26)13-4-9-16(21)17(22)10-13/h4-11H,2-3H2,1H3,(H,25,26). The molecule has 3 rings (SSSR count). The smallest absolute Gasteiger partial charge is 0.337 e. The van der Waals surface area contributed by atoms with E-state index in [2.05, 4.69) is 11.7 Å². The van der Waals surface area contributed by atoms with Gasteiger partial charge in [-0.1, -0.05) is 35.8 Å². The molecule has 0 unspecified atom stereocenters. The van der Waals surface area contributed by atoms with Crippen LogP contribution in [-0.4, -0.2) is 27.5 Å². The van der Waals surface area contributed by atoms with Crippen LogP contribution in [0.2, 0.25) is 10.0 Å². The molecule has 138 valence electrons. The van der Waals surface area contributed by atoms with Crippen LogP contribution >= 0.6 is 23.2 Å². The molecule has 3 aromatic rings. The molecule has 7 heteroatoms. The molecule has 0 saturated carbocycles. The van der Waals surface area contributed by atoms with E-state index in [1.807, 2.05) is 31.2 Å². The first-order valence-corrected chi connectivity index (χ1v) is 8.87. The Morgan fingerprint density at radius 1 is 1.15 bits per heavy atom. The maximum atomic E-state index is 11.3. The third kappa shape index (κ3) is 3.99. The number of rotatable bonds is 6. The maximum absolute atomic E-state index is 11.3. The van der Waals surface area contributed by atoms with Gasteiger partial charge in [0.25, 0.3) is 0 Å². The van der Waals surface area contributed by atoms with Crippen molar-refractivity contribution in [1.82, 2.24) is 9.78 Å². The lowest BCUT2D eigenvalue weighted by atomic mass is 10.1. The predicted octanol–water partition coefficient (Wildman–Crippen LogP) is 5.34. The summed E-state index contributed by atoms with van der Waals surface area (Å²) in [5.74, 6) is -0.397. The number of hydrogen-bond acceptors (Lipinski definition) is 3. The van der Waals surface area contributed by atoms with Crippen LogP contribution in [0.25, 0.3) is 22.5 Å². The Labute approximate surface area is 166 Å². The lowest BCUT2D eigenvalue weighted by molar-refractivity contribution is -0.130. The van der Waals surface area contributed by atoms with Gasteiger partial charge >= 0.3 is 5.97 Å². The van der Waals surface area contributed by atoms with Crippen LogP contribution < -0.4 is 4.74 Å². The SMILES string of the molecule is C=C(C(=O)O)c1cc(-c2ccc(Cl)c(Cl)c2)n(-c2ccc(OCC)cc2)n1. The van der Waals surface area contributed by atoms with Crippen molar-refractivity contribution in [3.05, 3.63) is 70.8 Å².